The van der Waals surface area contributed by atoms with E-state index in [4.69, 9.17) is 0 Å². The SMILES string of the molecule is CCCC(CC)(CCC)N(S(=O)(=O)C(F)(F)F)S(=O)(=O)C(F)(F)F. The van der Waals surface area contributed by atoms with Gasteiger partial charge in [0.25, 0.3) is 0 Å². The van der Waals surface area contributed by atoms with Gasteiger partial charge in [-0.3, -0.25) is 0 Å². The lowest BCUT2D eigenvalue weighted by molar-refractivity contribution is -0.0579. The Morgan fingerprint density at radius 3 is 1.17 bits per heavy atom. The van der Waals surface area contributed by atoms with Crippen LogP contribution in [0.15, 0.2) is 0 Å². The average molecular weight is 407 g/mol. The maximum absolute atomic E-state index is 12.9. The topological polar surface area (TPSA) is 71.5 Å². The zero-order valence-corrected chi connectivity index (χ0v) is 14.8. The maximum atomic E-state index is 12.9. The minimum absolute atomic E-state index is 0.00884. The molecular weight excluding hydrogens is 388 g/mol. The summed E-state index contributed by atoms with van der Waals surface area (Å²) in [5.41, 5.74) is -14.7. The van der Waals surface area contributed by atoms with E-state index in [0.717, 1.165) is 6.92 Å². The average Bonchev–Trinajstić information content (AvgIpc) is 2.35. The van der Waals surface area contributed by atoms with E-state index in [1.165, 1.54) is 13.8 Å². The highest BCUT2D eigenvalue weighted by Crippen LogP contribution is 2.44. The number of sulfonamides is 2. The fourth-order valence-electron chi connectivity index (χ4n) is 2.55. The first-order valence-electron chi connectivity index (χ1n) is 6.98. The first-order chi connectivity index (χ1) is 10.5. The summed E-state index contributed by atoms with van der Waals surface area (Å²) < 4.78 is 123. The molecule has 0 unspecified atom stereocenters. The van der Waals surface area contributed by atoms with Gasteiger partial charge in [-0.05, 0) is 19.3 Å². The Kier molecular flexibility index (Phi) is 7.19. The normalized spacial score (nSPS) is 15.1. The van der Waals surface area contributed by atoms with Crippen LogP contribution in [-0.2, 0) is 20.0 Å². The number of nitrogens with zero attached hydrogens (tertiary/aromatic N) is 1. The fraction of sp³-hybridized carbons (Fsp3) is 1.00. The van der Waals surface area contributed by atoms with Gasteiger partial charge in [0.1, 0.15) is 0 Å². The van der Waals surface area contributed by atoms with Gasteiger partial charge < -0.3 is 0 Å². The number of alkyl halides is 6. The summed E-state index contributed by atoms with van der Waals surface area (Å²) >= 11 is 0. The molecule has 0 bridgehead atoms. The molecule has 0 saturated carbocycles. The van der Waals surface area contributed by atoms with Crippen LogP contribution in [0.2, 0.25) is 0 Å². The van der Waals surface area contributed by atoms with Gasteiger partial charge in [0.2, 0.25) is 0 Å². The van der Waals surface area contributed by atoms with Crippen LogP contribution in [0.5, 0.6) is 0 Å². The summed E-state index contributed by atoms with van der Waals surface area (Å²) in [5.74, 6) is 0. The molecule has 24 heavy (non-hydrogen) atoms. The zero-order chi connectivity index (χ0) is 19.6. The van der Waals surface area contributed by atoms with Crippen molar-refractivity contribution in [3.8, 4) is 0 Å². The van der Waals surface area contributed by atoms with Crippen molar-refractivity contribution < 1.29 is 43.2 Å². The van der Waals surface area contributed by atoms with Crippen molar-refractivity contribution in [2.45, 2.75) is 69.4 Å². The van der Waals surface area contributed by atoms with E-state index >= 15 is 0 Å². The molecule has 146 valence electrons. The maximum Gasteiger partial charge on any atom is 0.512 e. The predicted molar refractivity (Wildman–Crippen MR) is 74.6 cm³/mol. The fourth-order valence-corrected chi connectivity index (χ4v) is 6.11. The van der Waals surface area contributed by atoms with Crippen LogP contribution in [0.25, 0.3) is 0 Å². The molecule has 0 radical (unpaired) electrons. The van der Waals surface area contributed by atoms with Crippen molar-refractivity contribution in [1.82, 2.24) is 3.71 Å². The van der Waals surface area contributed by atoms with Gasteiger partial charge in [-0.2, -0.15) is 26.3 Å². The molecule has 0 saturated heterocycles. The zero-order valence-electron chi connectivity index (χ0n) is 13.2. The minimum atomic E-state index is -6.77. The highest BCUT2D eigenvalue weighted by atomic mass is 32.3. The van der Waals surface area contributed by atoms with Gasteiger partial charge in [0, 0.05) is 0 Å². The lowest BCUT2D eigenvalue weighted by Crippen LogP contribution is -2.60. The van der Waals surface area contributed by atoms with E-state index in [-0.39, 0.29) is 12.8 Å². The minimum Gasteiger partial charge on any atom is -0.202 e. The highest BCUT2D eigenvalue weighted by molar-refractivity contribution is 8.04. The van der Waals surface area contributed by atoms with Gasteiger partial charge in [0.15, 0.2) is 0 Å². The van der Waals surface area contributed by atoms with Crippen molar-refractivity contribution in [3.05, 3.63) is 0 Å². The van der Waals surface area contributed by atoms with Crippen molar-refractivity contribution in [2.24, 2.45) is 0 Å². The Hall–Kier alpha value is -0.560. The number of rotatable bonds is 8. The van der Waals surface area contributed by atoms with Crippen LogP contribution >= 0.6 is 0 Å². The Balaban J connectivity index is 6.89. The van der Waals surface area contributed by atoms with Crippen molar-refractivity contribution in [3.63, 3.8) is 0 Å². The first-order valence-corrected chi connectivity index (χ1v) is 9.86. The molecule has 0 rings (SSSR count). The van der Waals surface area contributed by atoms with E-state index < -0.39 is 59.6 Å². The number of hydrogen-bond acceptors (Lipinski definition) is 4. The van der Waals surface area contributed by atoms with Gasteiger partial charge in [-0.15, -0.1) is 0 Å². The van der Waals surface area contributed by atoms with Crippen LogP contribution in [0, 0.1) is 0 Å². The molecule has 0 N–H and O–H groups in total. The lowest BCUT2D eigenvalue weighted by atomic mass is 9.87. The number of halogens is 6. The van der Waals surface area contributed by atoms with Gasteiger partial charge >= 0.3 is 31.1 Å². The standard InChI is InChI=1S/C11H19F6NO4S2/c1-4-7-9(6-3,8-5-2)18(23(19,20)10(12,13)14)24(21,22)11(15,16)17/h4-8H2,1-3H3. The van der Waals surface area contributed by atoms with E-state index in [0.29, 0.717) is 0 Å². The number of hydrogen-bond donors (Lipinski definition) is 0. The van der Waals surface area contributed by atoms with Crippen LogP contribution in [0.4, 0.5) is 26.3 Å². The molecule has 0 amide bonds. The van der Waals surface area contributed by atoms with Crippen LogP contribution in [0.1, 0.15) is 52.9 Å². The quantitative estimate of drug-likeness (QED) is 0.575. The molecular formula is C11H19F6NO4S2. The van der Waals surface area contributed by atoms with Crippen molar-refractivity contribution >= 4 is 20.0 Å². The van der Waals surface area contributed by atoms with E-state index in [9.17, 15) is 43.2 Å². The summed E-state index contributed by atoms with van der Waals surface area (Å²) in [4.78, 5) is 0. The Labute approximate surface area is 137 Å². The Bertz CT molecular complexity index is 574. The Morgan fingerprint density at radius 1 is 0.708 bits per heavy atom. The summed E-state index contributed by atoms with van der Waals surface area (Å²) in [6.07, 6.45) is -1.49. The second-order valence-corrected chi connectivity index (χ2v) is 8.96. The van der Waals surface area contributed by atoms with E-state index in [2.05, 4.69) is 0 Å². The molecule has 0 aromatic rings. The molecule has 0 spiro atoms. The summed E-state index contributed by atoms with van der Waals surface area (Å²) in [7, 11) is -13.5. The van der Waals surface area contributed by atoms with Gasteiger partial charge in [-0.25, -0.2) is 16.8 Å². The largest absolute Gasteiger partial charge is 0.512 e. The van der Waals surface area contributed by atoms with Crippen LogP contribution in [0.3, 0.4) is 0 Å². The molecule has 0 aliphatic rings. The van der Waals surface area contributed by atoms with Crippen LogP contribution in [-0.4, -0.2) is 37.1 Å². The third-order valence-electron chi connectivity index (χ3n) is 3.50. The molecule has 5 nitrogen and oxygen atoms in total. The van der Waals surface area contributed by atoms with Gasteiger partial charge in [0.05, 0.1) is 5.54 Å². The molecule has 0 atom stereocenters. The highest BCUT2D eigenvalue weighted by Gasteiger charge is 2.66. The smallest absolute Gasteiger partial charge is 0.202 e. The molecule has 13 heteroatoms. The van der Waals surface area contributed by atoms with E-state index in [1.54, 1.807) is 0 Å². The molecule has 0 aromatic carbocycles. The van der Waals surface area contributed by atoms with Crippen LogP contribution < -0.4 is 0 Å². The van der Waals surface area contributed by atoms with Gasteiger partial charge in [-0.1, -0.05) is 37.3 Å². The Morgan fingerprint density at radius 2 is 1.00 bits per heavy atom. The summed E-state index contributed by atoms with van der Waals surface area (Å²) in [6.45, 7) is 3.95. The van der Waals surface area contributed by atoms with E-state index in [1.807, 2.05) is 0 Å². The van der Waals surface area contributed by atoms with Crippen molar-refractivity contribution in [1.29, 1.82) is 0 Å². The van der Waals surface area contributed by atoms with Crippen molar-refractivity contribution in [2.75, 3.05) is 0 Å². The monoisotopic (exact) mass is 407 g/mol. The second-order valence-electron chi connectivity index (χ2n) is 5.18. The predicted octanol–water partition coefficient (Wildman–Crippen LogP) is 3.74. The lowest BCUT2D eigenvalue weighted by Gasteiger charge is -2.41. The molecule has 0 fully saturated rings. The second kappa shape index (κ2) is 7.36. The first kappa shape index (κ1) is 23.4. The third-order valence-corrected chi connectivity index (χ3v) is 7.49. The molecule has 0 heterocycles. The summed E-state index contributed by atoms with van der Waals surface area (Å²) in [5, 5.41) is 0. The third kappa shape index (κ3) is 4.15. The molecule has 0 aromatic heterocycles. The summed E-state index contributed by atoms with van der Waals surface area (Å²) in [6, 6.07) is 0. The molecule has 0 aliphatic heterocycles. The molecule has 0 aliphatic carbocycles.